The zero-order valence-electron chi connectivity index (χ0n) is 42.6. The minimum absolute atomic E-state index is 0.0308. The molecule has 0 spiro atoms. The monoisotopic (exact) mass is 1070 g/mol. The predicted octanol–water partition coefficient (Wildman–Crippen LogP) is -2.79. The van der Waals surface area contributed by atoms with Crippen molar-refractivity contribution >= 4 is 76.0 Å². The van der Waals surface area contributed by atoms with E-state index in [1.165, 1.54) is 19.4 Å². The van der Waals surface area contributed by atoms with Crippen molar-refractivity contribution in [3.63, 3.8) is 0 Å². The first-order chi connectivity index (χ1) is 36.9. The van der Waals surface area contributed by atoms with E-state index in [0.29, 0.717) is 16.8 Å². The van der Waals surface area contributed by atoms with Crippen molar-refractivity contribution in [3.05, 3.63) is 90.1 Å². The number of carboxylic acid groups (broad SMARTS) is 1. The first kappa shape index (κ1) is 58.8. The number of nitrogens with one attached hydrogen (secondary N) is 10. The van der Waals surface area contributed by atoms with Gasteiger partial charge in [0.15, 0.2) is 11.9 Å². The molecule has 1 saturated heterocycles. The van der Waals surface area contributed by atoms with Gasteiger partial charge in [0.2, 0.25) is 47.3 Å². The number of rotatable bonds is 18. The summed E-state index contributed by atoms with van der Waals surface area (Å²) in [6.07, 6.45) is 3.50. The number of carbonyl (C=O) groups excluding carboxylic acids is 8. The molecule has 4 aromatic rings. The Kier molecular flexibility index (Phi) is 22.7. The van der Waals surface area contributed by atoms with Gasteiger partial charge in [-0.2, -0.15) is 0 Å². The molecule has 1 aliphatic rings. The number of para-hydroxylation sites is 1. The largest absolute Gasteiger partial charge is 0.480 e. The number of nitrogens with zero attached hydrogens (tertiary/aromatic N) is 3. The molecule has 1 fully saturated rings. The number of imidazole rings is 1. The molecule has 2 aromatic heterocycles. The average Bonchev–Trinajstić information content (AvgIpc) is 4.07. The standard InChI is InChI=1S/C50H69N17O10/c1-28(68)61-34(14-8-20-57-49(51)52)42(70)62-35-15-7-19-56-41(69)18-17-37(48(76)77)64-46(74)39(23-30-25-59-33-13-6-5-12-32(30)33)66-43(71)36(16-9-21-58-50(53)54)63-45(73)38(22-29-10-3-2-4-11-29)65-47(75)40(67-44(35)72)24-31-26-55-27-60-31/h2-6,10-13,25-27,34-40,59H,7-9,14-24H2,1H3,(H,55,60)(H,56,69)(H,61,68)(H,62,70)(H,63,73)(H,64,74)(H,65,75)(H,66,71)(H,67,72)(H,76,77)(H4,51,52,57)(H4,53,54,58). The fraction of sp³-hybridized carbons (Fsp3) is 0.440. The van der Waals surface area contributed by atoms with Crippen LogP contribution < -0.4 is 65.5 Å². The van der Waals surface area contributed by atoms with Crippen LogP contribution in [0.3, 0.4) is 0 Å². The lowest BCUT2D eigenvalue weighted by molar-refractivity contribution is -0.142. The SMILES string of the molecule is CC(=O)NC(CCCN=C(N)N)C(=O)NC1CCCNC(=O)CCC(C(=O)O)NC(=O)C(Cc2c[nH]c3ccccc23)NC(=O)C(CCCN=C(N)N)NC(=O)C(Cc2ccccc2)NC(=O)C(Cc2cnc[nH]2)NC1=O. The molecule has 7 unspecified atom stereocenters. The number of nitrogens with two attached hydrogens (primary N) is 4. The van der Waals surface area contributed by atoms with Crippen LogP contribution in [-0.2, 0) is 62.4 Å². The van der Waals surface area contributed by atoms with Crippen LogP contribution in [0.4, 0.5) is 0 Å². The van der Waals surface area contributed by atoms with E-state index in [0.717, 1.165) is 10.9 Å². The third-order valence-corrected chi connectivity index (χ3v) is 12.4. The number of aromatic nitrogens is 3. The van der Waals surface area contributed by atoms with Gasteiger partial charge in [0, 0.05) is 81.2 Å². The number of fused-ring (bicyclic) bond motifs is 1. The van der Waals surface area contributed by atoms with Crippen LogP contribution in [0.1, 0.15) is 75.1 Å². The number of aliphatic carboxylic acids is 1. The minimum atomic E-state index is -1.61. The highest BCUT2D eigenvalue weighted by atomic mass is 16.4. The van der Waals surface area contributed by atoms with E-state index in [2.05, 4.69) is 67.5 Å². The van der Waals surface area contributed by atoms with Gasteiger partial charge in [-0.3, -0.25) is 48.3 Å². The smallest absolute Gasteiger partial charge is 0.326 e. The lowest BCUT2D eigenvalue weighted by atomic mass is 10.0. The van der Waals surface area contributed by atoms with Crippen molar-refractivity contribution in [3.8, 4) is 0 Å². The number of hydrogen-bond acceptors (Lipinski definition) is 12. The number of H-pyrrole nitrogens is 2. The molecule has 7 atom stereocenters. The summed E-state index contributed by atoms with van der Waals surface area (Å²) in [5.74, 6) is -8.09. The van der Waals surface area contributed by atoms with Crippen LogP contribution in [-0.4, -0.2) is 147 Å². The summed E-state index contributed by atoms with van der Waals surface area (Å²) in [6, 6.07) is 5.98. The summed E-state index contributed by atoms with van der Waals surface area (Å²) in [4.78, 5) is 143. The summed E-state index contributed by atoms with van der Waals surface area (Å²) in [5, 5.41) is 32.3. The van der Waals surface area contributed by atoms with Crippen LogP contribution >= 0.6 is 0 Å². The number of hydrogen-bond donors (Lipinski definition) is 15. The third kappa shape index (κ3) is 19.6. The molecule has 0 aliphatic carbocycles. The van der Waals surface area contributed by atoms with Crippen LogP contribution in [0, 0.1) is 0 Å². The molecular weight excluding hydrogens is 999 g/mol. The van der Waals surface area contributed by atoms with Crippen LogP contribution in [0.2, 0.25) is 0 Å². The third-order valence-electron chi connectivity index (χ3n) is 12.4. The molecule has 3 heterocycles. The molecule has 27 heteroatoms. The molecular formula is C50H69N17O10. The molecule has 414 valence electrons. The second-order valence-corrected chi connectivity index (χ2v) is 18.4. The second-order valence-electron chi connectivity index (χ2n) is 18.4. The molecule has 1 aliphatic heterocycles. The molecule has 19 N–H and O–H groups in total. The molecule has 2 aromatic carbocycles. The number of carbonyl (C=O) groups is 9. The lowest BCUT2D eigenvalue weighted by Gasteiger charge is -2.28. The molecule has 0 bridgehead atoms. The molecule has 27 nitrogen and oxygen atoms in total. The van der Waals surface area contributed by atoms with Crippen LogP contribution in [0.25, 0.3) is 10.9 Å². The van der Waals surface area contributed by atoms with Crippen molar-refractivity contribution in [1.29, 1.82) is 0 Å². The summed E-state index contributed by atoms with van der Waals surface area (Å²) in [7, 11) is 0. The van der Waals surface area contributed by atoms with Crippen molar-refractivity contribution in [2.45, 2.75) is 120 Å². The quantitative estimate of drug-likeness (QED) is 0.0272. The maximum absolute atomic E-state index is 14.7. The van der Waals surface area contributed by atoms with E-state index in [1.54, 1.807) is 54.7 Å². The maximum atomic E-state index is 14.7. The predicted molar refractivity (Wildman–Crippen MR) is 283 cm³/mol. The summed E-state index contributed by atoms with van der Waals surface area (Å²) in [5.41, 5.74) is 24.4. The molecule has 77 heavy (non-hydrogen) atoms. The van der Waals surface area contributed by atoms with Gasteiger partial charge >= 0.3 is 5.97 Å². The Morgan fingerprint density at radius 1 is 0.727 bits per heavy atom. The fourth-order valence-electron chi connectivity index (χ4n) is 8.46. The van der Waals surface area contributed by atoms with Gasteiger partial charge in [-0.05, 0) is 62.1 Å². The van der Waals surface area contributed by atoms with E-state index >= 15 is 0 Å². The van der Waals surface area contributed by atoms with E-state index in [-0.39, 0.29) is 102 Å². The van der Waals surface area contributed by atoms with Crippen LogP contribution in [0.15, 0.2) is 83.3 Å². The summed E-state index contributed by atoms with van der Waals surface area (Å²) < 4.78 is 0. The Labute approximate surface area is 443 Å². The fourth-order valence-corrected chi connectivity index (χ4v) is 8.46. The van der Waals surface area contributed by atoms with Gasteiger partial charge < -0.3 is 80.5 Å². The Balaban J connectivity index is 1.54. The first-order valence-corrected chi connectivity index (χ1v) is 25.1. The van der Waals surface area contributed by atoms with E-state index < -0.39 is 95.5 Å². The maximum Gasteiger partial charge on any atom is 0.326 e. The number of carboxylic acids is 1. The molecule has 0 saturated carbocycles. The number of aromatic amines is 2. The second kappa shape index (κ2) is 29.7. The van der Waals surface area contributed by atoms with Gasteiger partial charge in [0.05, 0.1) is 6.33 Å². The van der Waals surface area contributed by atoms with E-state index in [4.69, 9.17) is 22.9 Å². The lowest BCUT2D eigenvalue weighted by Crippen LogP contribution is -2.60. The highest BCUT2D eigenvalue weighted by Crippen LogP contribution is 2.20. The zero-order valence-corrected chi connectivity index (χ0v) is 42.6. The number of aliphatic imine (C=N–C) groups is 2. The Hall–Kier alpha value is -9.04. The van der Waals surface area contributed by atoms with Gasteiger partial charge in [-0.25, -0.2) is 9.78 Å². The normalized spacial score (nSPS) is 20.8. The highest BCUT2D eigenvalue weighted by molar-refractivity contribution is 5.98. The molecule has 8 amide bonds. The first-order valence-electron chi connectivity index (χ1n) is 25.1. The van der Waals surface area contributed by atoms with E-state index in [1.807, 2.05) is 6.07 Å². The van der Waals surface area contributed by atoms with Gasteiger partial charge in [-0.15, -0.1) is 0 Å². The zero-order chi connectivity index (χ0) is 55.9. The average molecular weight is 1070 g/mol. The number of benzene rings is 2. The Morgan fingerprint density at radius 2 is 1.34 bits per heavy atom. The van der Waals surface area contributed by atoms with E-state index in [9.17, 15) is 48.3 Å². The minimum Gasteiger partial charge on any atom is -0.480 e. The van der Waals surface area contributed by atoms with Crippen molar-refractivity contribution in [2.24, 2.45) is 32.9 Å². The van der Waals surface area contributed by atoms with Crippen LogP contribution in [0.5, 0.6) is 0 Å². The Bertz CT molecular complexity index is 2720. The topological polar surface area (TPSA) is 443 Å². The van der Waals surface area contributed by atoms with Crippen molar-refractivity contribution in [1.82, 2.24) is 57.5 Å². The highest BCUT2D eigenvalue weighted by Gasteiger charge is 2.35. The van der Waals surface area contributed by atoms with Gasteiger partial charge in [-0.1, -0.05) is 48.5 Å². The van der Waals surface area contributed by atoms with Crippen molar-refractivity contribution in [2.75, 3.05) is 19.6 Å². The summed E-state index contributed by atoms with van der Waals surface area (Å²) >= 11 is 0. The molecule has 0 radical (unpaired) electrons. The van der Waals surface area contributed by atoms with Crippen molar-refractivity contribution < 1.29 is 48.3 Å². The summed E-state index contributed by atoms with van der Waals surface area (Å²) in [6.45, 7) is 1.29. The number of guanidine groups is 2. The molecule has 5 rings (SSSR count). The number of amides is 8. The Morgan fingerprint density at radius 3 is 2.00 bits per heavy atom. The van der Waals surface area contributed by atoms with Gasteiger partial charge in [0.1, 0.15) is 42.3 Å². The van der Waals surface area contributed by atoms with Gasteiger partial charge in [0.25, 0.3) is 0 Å².